The number of ketones is 1. The lowest BCUT2D eigenvalue weighted by Crippen LogP contribution is -2.29. The Morgan fingerprint density at radius 1 is 0.879 bits per heavy atom. The molecule has 5 nitrogen and oxygen atoms in total. The fourth-order valence-corrected chi connectivity index (χ4v) is 4.60. The molecule has 1 aliphatic heterocycles. The summed E-state index contributed by atoms with van der Waals surface area (Å²) in [7, 11) is 1.90. The second-order valence-electron chi connectivity index (χ2n) is 7.86. The van der Waals surface area contributed by atoms with E-state index in [2.05, 4.69) is 0 Å². The molecule has 0 spiro atoms. The number of rotatable bonds is 3. The highest BCUT2D eigenvalue weighted by Crippen LogP contribution is 2.44. The van der Waals surface area contributed by atoms with Crippen molar-refractivity contribution in [3.63, 3.8) is 0 Å². The van der Waals surface area contributed by atoms with Crippen LogP contribution in [0.3, 0.4) is 0 Å². The number of halogens is 2. The number of anilines is 1. The molecule has 1 aliphatic rings. The number of fused-ring (bicyclic) bond motifs is 1. The number of aryl methyl sites for hydroxylation is 1. The highest BCUT2D eigenvalue weighted by atomic mass is 35.5. The number of carbonyl (C=O) groups is 2. The third kappa shape index (κ3) is 3.50. The molecule has 1 atom stereocenters. The number of benzene rings is 3. The van der Waals surface area contributed by atoms with E-state index in [1.165, 1.54) is 4.90 Å². The van der Waals surface area contributed by atoms with E-state index < -0.39 is 17.7 Å². The molecule has 3 aromatic carbocycles. The number of Topliss-reactive ketones (excluding diaryl/α,β-unsaturated/α-hetero) is 1. The van der Waals surface area contributed by atoms with Gasteiger partial charge in [-0.25, -0.2) is 0 Å². The van der Waals surface area contributed by atoms with Crippen molar-refractivity contribution in [3.8, 4) is 0 Å². The zero-order valence-electron chi connectivity index (χ0n) is 17.5. The second-order valence-corrected chi connectivity index (χ2v) is 8.74. The Hall–Kier alpha value is -3.54. The van der Waals surface area contributed by atoms with Gasteiger partial charge in [0.05, 0.1) is 11.6 Å². The van der Waals surface area contributed by atoms with Crippen molar-refractivity contribution >= 4 is 57.2 Å². The quantitative estimate of drug-likeness (QED) is 0.220. The Bertz CT molecular complexity index is 1440. The summed E-state index contributed by atoms with van der Waals surface area (Å²) in [5, 5.41) is 13.1. The molecule has 0 saturated carbocycles. The van der Waals surface area contributed by atoms with E-state index in [9.17, 15) is 14.7 Å². The van der Waals surface area contributed by atoms with E-state index in [0.717, 1.165) is 16.5 Å². The van der Waals surface area contributed by atoms with Crippen LogP contribution in [0.5, 0.6) is 0 Å². The lowest BCUT2D eigenvalue weighted by Gasteiger charge is -2.25. The number of aromatic nitrogens is 1. The van der Waals surface area contributed by atoms with Crippen LogP contribution in [0, 0.1) is 0 Å². The molecule has 7 heteroatoms. The normalized spacial score (nSPS) is 17.8. The number of carbonyl (C=O) groups excluding carboxylic acids is 2. The predicted molar refractivity (Wildman–Crippen MR) is 131 cm³/mol. The molecule has 2 heterocycles. The average molecular weight is 477 g/mol. The van der Waals surface area contributed by atoms with E-state index in [-0.39, 0.29) is 11.3 Å². The van der Waals surface area contributed by atoms with Gasteiger partial charge < -0.3 is 9.67 Å². The summed E-state index contributed by atoms with van der Waals surface area (Å²) < 4.78 is 1.94. The van der Waals surface area contributed by atoms with E-state index in [1.54, 1.807) is 48.5 Å². The molecule has 33 heavy (non-hydrogen) atoms. The number of aliphatic hydroxyl groups is 1. The third-order valence-electron chi connectivity index (χ3n) is 5.89. The highest BCUT2D eigenvalue weighted by molar-refractivity contribution is 6.52. The number of para-hydroxylation sites is 1. The molecule has 0 aliphatic carbocycles. The average Bonchev–Trinajstić information content (AvgIpc) is 3.28. The van der Waals surface area contributed by atoms with Crippen molar-refractivity contribution in [3.05, 3.63) is 106 Å². The fourth-order valence-electron chi connectivity index (χ4n) is 4.35. The van der Waals surface area contributed by atoms with Gasteiger partial charge in [0.1, 0.15) is 5.76 Å². The van der Waals surface area contributed by atoms with Gasteiger partial charge in [-0.1, -0.05) is 41.4 Å². The van der Waals surface area contributed by atoms with Crippen molar-refractivity contribution in [1.82, 2.24) is 4.57 Å². The molecule has 1 saturated heterocycles. The Balaban J connectivity index is 1.80. The summed E-state index contributed by atoms with van der Waals surface area (Å²) in [5.74, 6) is -1.72. The minimum atomic E-state index is -0.826. The van der Waals surface area contributed by atoms with Gasteiger partial charge in [0.2, 0.25) is 0 Å². The van der Waals surface area contributed by atoms with Crippen molar-refractivity contribution < 1.29 is 14.7 Å². The Morgan fingerprint density at radius 3 is 2.15 bits per heavy atom. The van der Waals surface area contributed by atoms with E-state index in [1.807, 2.05) is 42.1 Å². The lowest BCUT2D eigenvalue weighted by molar-refractivity contribution is -0.132. The number of amides is 1. The van der Waals surface area contributed by atoms with Crippen LogP contribution < -0.4 is 4.90 Å². The van der Waals surface area contributed by atoms with Crippen molar-refractivity contribution in [2.24, 2.45) is 7.05 Å². The van der Waals surface area contributed by atoms with Crippen molar-refractivity contribution in [2.75, 3.05) is 4.90 Å². The second kappa shape index (κ2) is 8.10. The monoisotopic (exact) mass is 476 g/mol. The van der Waals surface area contributed by atoms with E-state index in [4.69, 9.17) is 23.2 Å². The fraction of sp³-hybridized carbons (Fsp3) is 0.0769. The molecular formula is C26H18Cl2N2O3. The van der Waals surface area contributed by atoms with Crippen molar-refractivity contribution in [2.45, 2.75) is 6.04 Å². The minimum absolute atomic E-state index is 0.0219. The molecule has 4 aromatic rings. The predicted octanol–water partition coefficient (Wildman–Crippen LogP) is 6.11. The number of aliphatic hydroxyl groups excluding tert-OH is 1. The maximum absolute atomic E-state index is 13.3. The molecule has 0 bridgehead atoms. The smallest absolute Gasteiger partial charge is 0.300 e. The Morgan fingerprint density at radius 2 is 1.48 bits per heavy atom. The summed E-state index contributed by atoms with van der Waals surface area (Å²) in [6.45, 7) is 0. The van der Waals surface area contributed by atoms with Gasteiger partial charge in [0, 0.05) is 51.0 Å². The van der Waals surface area contributed by atoms with Gasteiger partial charge in [-0.2, -0.15) is 0 Å². The van der Waals surface area contributed by atoms with Crippen LogP contribution in [0.1, 0.15) is 17.2 Å². The largest absolute Gasteiger partial charge is 0.507 e. The van der Waals surface area contributed by atoms with Crippen LogP contribution >= 0.6 is 23.2 Å². The lowest BCUT2D eigenvalue weighted by atomic mass is 9.95. The maximum Gasteiger partial charge on any atom is 0.300 e. The molecule has 1 N–H and O–H groups in total. The van der Waals surface area contributed by atoms with Gasteiger partial charge >= 0.3 is 0 Å². The van der Waals surface area contributed by atoms with Gasteiger partial charge in [0.25, 0.3) is 11.7 Å². The summed E-state index contributed by atoms with van der Waals surface area (Å²) >= 11 is 12.1. The molecule has 1 aromatic heterocycles. The van der Waals surface area contributed by atoms with Crippen LogP contribution in [0.25, 0.3) is 16.7 Å². The molecule has 1 fully saturated rings. The minimum Gasteiger partial charge on any atom is -0.507 e. The van der Waals surface area contributed by atoms with Crippen LogP contribution in [-0.4, -0.2) is 21.4 Å². The molecule has 5 rings (SSSR count). The zero-order valence-corrected chi connectivity index (χ0v) is 19.0. The molecular weight excluding hydrogens is 459 g/mol. The zero-order chi connectivity index (χ0) is 23.3. The summed E-state index contributed by atoms with van der Waals surface area (Å²) in [6, 6.07) is 20.1. The van der Waals surface area contributed by atoms with Crippen molar-refractivity contribution in [1.29, 1.82) is 0 Å². The molecule has 164 valence electrons. The van der Waals surface area contributed by atoms with E-state index >= 15 is 0 Å². The first-order valence-electron chi connectivity index (χ1n) is 10.2. The van der Waals surface area contributed by atoms with Gasteiger partial charge in [-0.15, -0.1) is 0 Å². The van der Waals surface area contributed by atoms with Gasteiger partial charge in [-0.05, 0) is 54.6 Å². The van der Waals surface area contributed by atoms with Crippen LogP contribution in [0.4, 0.5) is 5.69 Å². The molecule has 0 radical (unpaired) electrons. The van der Waals surface area contributed by atoms with Gasteiger partial charge in [0.15, 0.2) is 0 Å². The number of nitrogens with zero attached hydrogens (tertiary/aromatic N) is 2. The third-order valence-corrected chi connectivity index (χ3v) is 6.39. The van der Waals surface area contributed by atoms with Crippen LogP contribution in [0.15, 0.2) is 84.6 Å². The SMILES string of the molecule is Cn1cc(C2/C(=C(\O)c3ccc(Cl)cc3)C(=O)C(=O)N2c2ccc(Cl)cc2)c2ccccc21. The van der Waals surface area contributed by atoms with Crippen LogP contribution in [0.2, 0.25) is 10.0 Å². The topological polar surface area (TPSA) is 62.5 Å². The standard InChI is InChI=1S/C26H18Cl2N2O3/c1-29-14-20(19-4-2-3-5-21(19)29)23-22(24(31)15-6-8-16(27)9-7-15)25(32)26(33)30(23)18-12-10-17(28)11-13-18/h2-14,23,31H,1H3/b24-22+. The first-order chi connectivity index (χ1) is 15.9. The Kier molecular flexibility index (Phi) is 5.23. The van der Waals surface area contributed by atoms with Gasteiger partial charge in [-0.3, -0.25) is 14.5 Å². The first kappa shape index (κ1) is 21.3. The highest BCUT2D eigenvalue weighted by Gasteiger charge is 2.47. The first-order valence-corrected chi connectivity index (χ1v) is 11.0. The number of hydrogen-bond donors (Lipinski definition) is 1. The van der Waals surface area contributed by atoms with Crippen LogP contribution in [-0.2, 0) is 16.6 Å². The summed E-state index contributed by atoms with van der Waals surface area (Å²) in [6.07, 6.45) is 1.89. The molecule has 1 unspecified atom stereocenters. The van der Waals surface area contributed by atoms with E-state index in [0.29, 0.717) is 21.3 Å². The Labute approximate surface area is 200 Å². The molecule has 1 amide bonds. The maximum atomic E-state index is 13.3. The summed E-state index contributed by atoms with van der Waals surface area (Å²) in [5.41, 5.74) is 2.61. The summed E-state index contributed by atoms with van der Waals surface area (Å²) in [4.78, 5) is 28.0. The number of hydrogen-bond acceptors (Lipinski definition) is 3.